The van der Waals surface area contributed by atoms with Crippen LogP contribution in [-0.2, 0) is 4.74 Å². The van der Waals surface area contributed by atoms with E-state index in [0.29, 0.717) is 0 Å². The molecule has 0 atom stereocenters. The predicted molar refractivity (Wildman–Crippen MR) is 51.3 cm³/mol. The molecule has 0 amide bonds. The summed E-state index contributed by atoms with van der Waals surface area (Å²) >= 11 is 20.1. The minimum Gasteiger partial charge on any atom is -0.309 e. The van der Waals surface area contributed by atoms with Crippen molar-refractivity contribution < 1.29 is 31.1 Å². The van der Waals surface area contributed by atoms with Crippen LogP contribution in [0.1, 0.15) is 12.8 Å². The van der Waals surface area contributed by atoms with Gasteiger partial charge in [-0.2, -0.15) is 26.3 Å². The number of alkyl halides is 10. The fourth-order valence-corrected chi connectivity index (χ4v) is 2.05. The lowest BCUT2D eigenvalue weighted by Gasteiger charge is -2.29. The summed E-state index contributed by atoms with van der Waals surface area (Å²) in [5.41, 5.74) is 0. The molecule has 0 spiro atoms. The molecule has 0 heterocycles. The molecular weight excluding hydrogens is 344 g/mol. The van der Waals surface area contributed by atoms with Crippen molar-refractivity contribution in [3.8, 4) is 0 Å². The third kappa shape index (κ3) is 10.3. The molecule has 0 saturated carbocycles. The quantitative estimate of drug-likeness (QED) is 0.503. The fourth-order valence-electron chi connectivity index (χ4n) is 0.757. The van der Waals surface area contributed by atoms with E-state index in [9.17, 15) is 26.3 Å². The molecule has 0 radical (unpaired) electrons. The molecule has 0 aliphatic rings. The normalized spacial score (nSPS) is 15.2. The molecule has 0 bridgehead atoms. The van der Waals surface area contributed by atoms with Gasteiger partial charge in [0.15, 0.2) is 0 Å². The molecule has 0 aromatic rings. The first-order valence-corrected chi connectivity index (χ1v) is 5.22. The van der Waals surface area contributed by atoms with Crippen LogP contribution in [0.4, 0.5) is 26.3 Å². The summed E-state index contributed by atoms with van der Waals surface area (Å²) in [5.74, 6) is 0. The fraction of sp³-hybridized carbons (Fsp3) is 1.00. The summed E-state index contributed by atoms with van der Waals surface area (Å²) in [5, 5.41) is 0. The molecule has 17 heavy (non-hydrogen) atoms. The maximum atomic E-state index is 11.9. The highest BCUT2D eigenvalue weighted by molar-refractivity contribution is 6.50. The van der Waals surface area contributed by atoms with Crippen molar-refractivity contribution >= 4 is 46.4 Å². The Bertz CT molecular complexity index is 234. The van der Waals surface area contributed by atoms with E-state index in [0.717, 1.165) is 0 Å². The van der Waals surface area contributed by atoms with Gasteiger partial charge in [0, 0.05) is 0 Å². The van der Waals surface area contributed by atoms with Crippen LogP contribution in [0.25, 0.3) is 0 Å². The van der Waals surface area contributed by atoms with Crippen molar-refractivity contribution in [2.45, 2.75) is 34.2 Å². The summed E-state index contributed by atoms with van der Waals surface area (Å²) in [4.78, 5) is 0. The Morgan fingerprint density at radius 1 is 0.647 bits per heavy atom. The highest BCUT2D eigenvalue weighted by Gasteiger charge is 2.49. The standard InChI is InChI=1S/C6H4Cl4F6O/c7-3(8,1-5(11,12)13)17-4(9,10)2-6(14,15)16/h1-2H2. The van der Waals surface area contributed by atoms with E-state index < -0.39 is 34.2 Å². The smallest absolute Gasteiger partial charge is 0.309 e. The zero-order chi connectivity index (χ0) is 14.1. The summed E-state index contributed by atoms with van der Waals surface area (Å²) in [7, 11) is 0. The van der Waals surface area contributed by atoms with Gasteiger partial charge < -0.3 is 4.74 Å². The van der Waals surface area contributed by atoms with Crippen LogP contribution < -0.4 is 0 Å². The summed E-state index contributed by atoms with van der Waals surface area (Å²) in [6.07, 6.45) is -13.6. The molecule has 0 rings (SSSR count). The molecule has 0 saturated heterocycles. The zero-order valence-electron chi connectivity index (χ0n) is 7.60. The highest BCUT2D eigenvalue weighted by atomic mass is 35.5. The predicted octanol–water partition coefficient (Wildman–Crippen LogP) is 5.17. The lowest BCUT2D eigenvalue weighted by molar-refractivity contribution is -0.180. The SMILES string of the molecule is FC(F)(F)CC(Cl)(Cl)OC(Cl)(Cl)CC(F)(F)F. The van der Waals surface area contributed by atoms with Gasteiger partial charge in [0.25, 0.3) is 0 Å². The maximum absolute atomic E-state index is 11.9. The monoisotopic (exact) mass is 346 g/mol. The molecule has 0 aromatic carbocycles. The van der Waals surface area contributed by atoms with Crippen molar-refractivity contribution in [3.05, 3.63) is 0 Å². The van der Waals surface area contributed by atoms with Crippen LogP contribution in [0.2, 0.25) is 0 Å². The van der Waals surface area contributed by atoms with Gasteiger partial charge in [-0.25, -0.2) is 0 Å². The van der Waals surface area contributed by atoms with Gasteiger partial charge in [0.2, 0.25) is 9.04 Å². The van der Waals surface area contributed by atoms with Crippen molar-refractivity contribution in [3.63, 3.8) is 0 Å². The second-order valence-corrected chi connectivity index (χ2v) is 5.79. The first kappa shape index (κ1) is 17.7. The van der Waals surface area contributed by atoms with E-state index in [1.54, 1.807) is 0 Å². The molecule has 0 unspecified atom stereocenters. The van der Waals surface area contributed by atoms with Crippen LogP contribution >= 0.6 is 46.4 Å². The van der Waals surface area contributed by atoms with Gasteiger partial charge in [-0.05, 0) is 0 Å². The molecule has 1 nitrogen and oxygen atoms in total. The molecule has 104 valence electrons. The highest BCUT2D eigenvalue weighted by Crippen LogP contribution is 2.45. The van der Waals surface area contributed by atoms with Crippen molar-refractivity contribution in [2.75, 3.05) is 0 Å². The van der Waals surface area contributed by atoms with Gasteiger partial charge in [-0.3, -0.25) is 0 Å². The average molecular weight is 348 g/mol. The molecule has 0 aromatic heterocycles. The van der Waals surface area contributed by atoms with E-state index in [-0.39, 0.29) is 0 Å². The molecule has 11 heteroatoms. The Kier molecular flexibility index (Phi) is 5.59. The van der Waals surface area contributed by atoms with Crippen molar-refractivity contribution in [1.82, 2.24) is 0 Å². The largest absolute Gasteiger partial charge is 0.394 e. The average Bonchev–Trinajstić information content (AvgIpc) is 1.65. The van der Waals surface area contributed by atoms with Crippen molar-refractivity contribution in [1.29, 1.82) is 0 Å². The van der Waals surface area contributed by atoms with E-state index in [1.807, 2.05) is 0 Å². The lowest BCUT2D eigenvalue weighted by Crippen LogP contribution is -2.36. The second-order valence-electron chi connectivity index (χ2n) is 2.96. The summed E-state index contributed by atoms with van der Waals surface area (Å²) in [6, 6.07) is 0. The molecular formula is C6H4Cl4F6O. The van der Waals surface area contributed by atoms with E-state index in [1.165, 1.54) is 0 Å². The van der Waals surface area contributed by atoms with E-state index in [2.05, 4.69) is 4.74 Å². The number of hydrogen-bond donors (Lipinski definition) is 0. The Morgan fingerprint density at radius 2 is 0.882 bits per heavy atom. The molecule has 0 N–H and O–H groups in total. The first-order chi connectivity index (χ1) is 7.12. The van der Waals surface area contributed by atoms with Crippen LogP contribution in [0, 0.1) is 0 Å². The summed E-state index contributed by atoms with van der Waals surface area (Å²) < 4.78 is 69.4. The van der Waals surface area contributed by atoms with E-state index >= 15 is 0 Å². The third-order valence-corrected chi connectivity index (χ3v) is 1.95. The second kappa shape index (κ2) is 5.36. The number of ether oxygens (including phenoxy) is 1. The lowest BCUT2D eigenvalue weighted by atomic mass is 10.4. The topological polar surface area (TPSA) is 9.23 Å². The Hall–Kier alpha value is 0.700. The minimum absolute atomic E-state index is 1.93. The van der Waals surface area contributed by atoms with Gasteiger partial charge in [-0.15, -0.1) is 0 Å². The molecule has 0 aliphatic heterocycles. The van der Waals surface area contributed by atoms with Gasteiger partial charge in [0.05, 0.1) is 0 Å². The van der Waals surface area contributed by atoms with E-state index in [4.69, 9.17) is 46.4 Å². The number of halogens is 10. The van der Waals surface area contributed by atoms with Crippen molar-refractivity contribution in [2.24, 2.45) is 0 Å². The zero-order valence-corrected chi connectivity index (χ0v) is 10.6. The maximum Gasteiger partial charge on any atom is 0.394 e. The number of hydrogen-bond acceptors (Lipinski definition) is 1. The van der Waals surface area contributed by atoms with Crippen LogP contribution in [-0.4, -0.2) is 21.4 Å². The third-order valence-electron chi connectivity index (χ3n) is 1.11. The Labute approximate surface area is 112 Å². The van der Waals surface area contributed by atoms with Crippen LogP contribution in [0.15, 0.2) is 0 Å². The van der Waals surface area contributed by atoms with Crippen LogP contribution in [0.3, 0.4) is 0 Å². The summed E-state index contributed by atoms with van der Waals surface area (Å²) in [6.45, 7) is 0. The van der Waals surface area contributed by atoms with Gasteiger partial charge in [-0.1, -0.05) is 46.4 Å². The van der Waals surface area contributed by atoms with Gasteiger partial charge in [0.1, 0.15) is 12.8 Å². The van der Waals surface area contributed by atoms with Crippen LogP contribution in [0.5, 0.6) is 0 Å². The first-order valence-electron chi connectivity index (χ1n) is 3.71. The number of rotatable bonds is 4. The Morgan fingerprint density at radius 3 is 1.06 bits per heavy atom. The van der Waals surface area contributed by atoms with Gasteiger partial charge >= 0.3 is 12.4 Å². The molecule has 0 aliphatic carbocycles. The molecule has 0 fully saturated rings. The Balaban J connectivity index is 4.59. The minimum atomic E-state index is -4.86.